The second-order valence-electron chi connectivity index (χ2n) is 5.67. The Morgan fingerprint density at radius 1 is 1.12 bits per heavy atom. The number of benzene rings is 1. The molecule has 2 aromatic heterocycles. The molecule has 4 rings (SSSR count). The van der Waals surface area contributed by atoms with Gasteiger partial charge in [0.05, 0.1) is 0 Å². The maximum atomic E-state index is 5.74. The van der Waals surface area contributed by atoms with Gasteiger partial charge < -0.3 is 14.8 Å². The summed E-state index contributed by atoms with van der Waals surface area (Å²) >= 11 is 11.0. The molecule has 0 saturated carbocycles. The lowest BCUT2D eigenvalue weighted by Gasteiger charge is -2.38. The van der Waals surface area contributed by atoms with Gasteiger partial charge in [0.25, 0.3) is 0 Å². The van der Waals surface area contributed by atoms with Crippen molar-refractivity contribution in [3.05, 3.63) is 75.2 Å². The predicted octanol–water partition coefficient (Wildman–Crippen LogP) is 5.11. The van der Waals surface area contributed by atoms with Gasteiger partial charge in [-0.05, 0) is 60.1 Å². The first-order valence-corrected chi connectivity index (χ1v) is 9.82. The number of thiocarbonyl (C=S) groups is 1. The normalized spacial score (nSPS) is 16.7. The van der Waals surface area contributed by atoms with E-state index in [-0.39, 0.29) is 6.04 Å². The summed E-state index contributed by atoms with van der Waals surface area (Å²) < 4.78 is 3.38. The van der Waals surface area contributed by atoms with Crippen LogP contribution in [0.5, 0.6) is 0 Å². The molecule has 3 aromatic rings. The quantitative estimate of drug-likeness (QED) is 0.584. The SMILES string of the molecule is S=C(Nc1ccc(Br)cc1)N1CCn2cccc2C1c1cccs1. The zero-order valence-corrected chi connectivity index (χ0v) is 16.1. The Balaban J connectivity index is 1.63. The van der Waals surface area contributed by atoms with Gasteiger partial charge in [0.1, 0.15) is 6.04 Å². The fourth-order valence-corrected chi connectivity index (χ4v) is 4.50. The summed E-state index contributed by atoms with van der Waals surface area (Å²) in [6.07, 6.45) is 2.15. The van der Waals surface area contributed by atoms with Crippen LogP contribution in [0.4, 0.5) is 5.69 Å². The van der Waals surface area contributed by atoms with Crippen LogP contribution in [-0.2, 0) is 6.54 Å². The summed E-state index contributed by atoms with van der Waals surface area (Å²) in [4.78, 5) is 3.60. The monoisotopic (exact) mass is 417 g/mol. The van der Waals surface area contributed by atoms with E-state index < -0.39 is 0 Å². The first-order valence-electron chi connectivity index (χ1n) is 7.74. The van der Waals surface area contributed by atoms with Crippen LogP contribution in [0.3, 0.4) is 0 Å². The number of hydrogen-bond donors (Lipinski definition) is 1. The molecule has 6 heteroatoms. The fraction of sp³-hybridized carbons (Fsp3) is 0.167. The third-order valence-corrected chi connectivity index (χ3v) is 6.00. The van der Waals surface area contributed by atoms with Gasteiger partial charge in [0, 0.05) is 40.0 Å². The molecule has 0 bridgehead atoms. The minimum atomic E-state index is 0.171. The van der Waals surface area contributed by atoms with Crippen LogP contribution in [0, 0.1) is 0 Å². The van der Waals surface area contributed by atoms with Gasteiger partial charge in [-0.2, -0.15) is 0 Å². The van der Waals surface area contributed by atoms with Crippen molar-refractivity contribution in [1.82, 2.24) is 9.47 Å². The van der Waals surface area contributed by atoms with Crippen molar-refractivity contribution in [2.45, 2.75) is 12.6 Å². The molecule has 1 aliphatic heterocycles. The Hall–Kier alpha value is -1.63. The maximum Gasteiger partial charge on any atom is 0.174 e. The van der Waals surface area contributed by atoms with Crippen LogP contribution in [0.2, 0.25) is 0 Å². The van der Waals surface area contributed by atoms with Gasteiger partial charge in [-0.3, -0.25) is 0 Å². The van der Waals surface area contributed by atoms with Gasteiger partial charge in [-0.1, -0.05) is 22.0 Å². The fourth-order valence-electron chi connectivity index (χ4n) is 3.08. The van der Waals surface area contributed by atoms with Gasteiger partial charge in [-0.25, -0.2) is 0 Å². The first-order chi connectivity index (χ1) is 11.7. The lowest BCUT2D eigenvalue weighted by atomic mass is 10.1. The number of aromatic nitrogens is 1. The van der Waals surface area contributed by atoms with Crippen LogP contribution in [0.1, 0.15) is 16.6 Å². The number of hydrogen-bond acceptors (Lipinski definition) is 2. The molecule has 1 aromatic carbocycles. The van der Waals surface area contributed by atoms with Crippen molar-refractivity contribution < 1.29 is 0 Å². The highest BCUT2D eigenvalue weighted by Crippen LogP contribution is 2.35. The van der Waals surface area contributed by atoms with Crippen molar-refractivity contribution in [1.29, 1.82) is 0 Å². The zero-order valence-electron chi connectivity index (χ0n) is 12.9. The standard InChI is InChI=1S/C18H16BrN3S2/c19-13-5-7-14(8-6-13)20-18(23)22-11-10-21-9-1-3-15(21)17(22)16-4-2-12-24-16/h1-9,12,17H,10-11H2,(H,20,23). The van der Waals surface area contributed by atoms with E-state index in [1.54, 1.807) is 11.3 Å². The molecule has 0 saturated heterocycles. The van der Waals surface area contributed by atoms with Crippen molar-refractivity contribution in [3.63, 3.8) is 0 Å². The highest BCUT2D eigenvalue weighted by Gasteiger charge is 2.31. The molecular formula is C18H16BrN3S2. The molecule has 122 valence electrons. The largest absolute Gasteiger partial charge is 0.347 e. The number of fused-ring (bicyclic) bond motifs is 1. The Bertz CT molecular complexity index is 840. The third-order valence-electron chi connectivity index (χ3n) is 4.21. The minimum absolute atomic E-state index is 0.171. The number of thiophene rings is 1. The summed E-state index contributed by atoms with van der Waals surface area (Å²) in [5.74, 6) is 0. The van der Waals surface area contributed by atoms with E-state index in [1.165, 1.54) is 10.6 Å². The highest BCUT2D eigenvalue weighted by molar-refractivity contribution is 9.10. The molecule has 1 atom stereocenters. The molecular weight excluding hydrogens is 402 g/mol. The number of nitrogens with one attached hydrogen (secondary N) is 1. The minimum Gasteiger partial charge on any atom is -0.347 e. The van der Waals surface area contributed by atoms with Crippen LogP contribution < -0.4 is 5.32 Å². The summed E-state index contributed by atoms with van der Waals surface area (Å²) in [6.45, 7) is 1.85. The molecule has 1 aliphatic rings. The Morgan fingerprint density at radius 3 is 2.71 bits per heavy atom. The molecule has 0 radical (unpaired) electrons. The van der Waals surface area contributed by atoms with Crippen LogP contribution in [-0.4, -0.2) is 21.1 Å². The summed E-state index contributed by atoms with van der Waals surface area (Å²) in [5.41, 5.74) is 2.30. The van der Waals surface area contributed by atoms with Crippen molar-refractivity contribution >= 4 is 50.3 Å². The summed E-state index contributed by atoms with van der Waals surface area (Å²) in [7, 11) is 0. The highest BCUT2D eigenvalue weighted by atomic mass is 79.9. The maximum absolute atomic E-state index is 5.74. The van der Waals surface area contributed by atoms with E-state index in [0.717, 1.165) is 28.4 Å². The molecule has 0 spiro atoms. The van der Waals surface area contributed by atoms with E-state index in [4.69, 9.17) is 12.2 Å². The van der Waals surface area contributed by atoms with Gasteiger partial charge >= 0.3 is 0 Å². The summed E-state index contributed by atoms with van der Waals surface area (Å²) in [5, 5.41) is 6.28. The second-order valence-corrected chi connectivity index (χ2v) is 7.96. The van der Waals surface area contributed by atoms with Gasteiger partial charge in [-0.15, -0.1) is 11.3 Å². The van der Waals surface area contributed by atoms with Crippen molar-refractivity contribution in [3.8, 4) is 0 Å². The molecule has 3 heterocycles. The van der Waals surface area contributed by atoms with Crippen LogP contribution in [0.25, 0.3) is 0 Å². The van der Waals surface area contributed by atoms with Crippen molar-refractivity contribution in [2.75, 3.05) is 11.9 Å². The average molecular weight is 418 g/mol. The van der Waals surface area contributed by atoms with Crippen LogP contribution >= 0.6 is 39.5 Å². The van der Waals surface area contributed by atoms with E-state index in [1.807, 2.05) is 24.3 Å². The zero-order chi connectivity index (χ0) is 16.5. The summed E-state index contributed by atoms with van der Waals surface area (Å²) in [6, 6.07) is 16.9. The predicted molar refractivity (Wildman–Crippen MR) is 108 cm³/mol. The smallest absolute Gasteiger partial charge is 0.174 e. The lowest BCUT2D eigenvalue weighted by molar-refractivity contribution is 0.297. The molecule has 0 fully saturated rings. The number of rotatable bonds is 2. The van der Waals surface area contributed by atoms with Gasteiger partial charge in [0.2, 0.25) is 0 Å². The molecule has 1 N–H and O–H groups in total. The third kappa shape index (κ3) is 3.01. The number of nitrogens with zero attached hydrogens (tertiary/aromatic N) is 2. The Kier molecular flexibility index (Phi) is 4.43. The van der Waals surface area contributed by atoms with Crippen molar-refractivity contribution in [2.24, 2.45) is 0 Å². The number of halogens is 1. The van der Waals surface area contributed by atoms with E-state index in [2.05, 4.69) is 66.6 Å². The molecule has 0 aliphatic carbocycles. The topological polar surface area (TPSA) is 20.2 Å². The van der Waals surface area contributed by atoms with E-state index >= 15 is 0 Å². The lowest BCUT2D eigenvalue weighted by Crippen LogP contribution is -2.44. The van der Waals surface area contributed by atoms with Crippen LogP contribution in [0.15, 0.2) is 64.6 Å². The van der Waals surface area contributed by atoms with Gasteiger partial charge in [0.15, 0.2) is 5.11 Å². The molecule has 0 amide bonds. The second kappa shape index (κ2) is 6.70. The first kappa shape index (κ1) is 15.9. The molecule has 1 unspecified atom stereocenters. The molecule has 3 nitrogen and oxygen atoms in total. The number of anilines is 1. The van der Waals surface area contributed by atoms with E-state index in [9.17, 15) is 0 Å². The van der Waals surface area contributed by atoms with E-state index in [0.29, 0.717) is 0 Å². The Labute approximate surface area is 159 Å². The average Bonchev–Trinajstić information content (AvgIpc) is 3.27. The molecule has 24 heavy (non-hydrogen) atoms. The Morgan fingerprint density at radius 2 is 1.96 bits per heavy atom.